The van der Waals surface area contributed by atoms with Gasteiger partial charge in [-0.1, -0.05) is 0 Å². The van der Waals surface area contributed by atoms with Gasteiger partial charge in [-0.15, -0.1) is 0 Å². The summed E-state index contributed by atoms with van der Waals surface area (Å²) in [5.74, 6) is 0.0989. The highest BCUT2D eigenvalue weighted by Crippen LogP contribution is 2.36. The molecule has 0 fully saturated rings. The highest BCUT2D eigenvalue weighted by Gasteiger charge is 2.21. The summed E-state index contributed by atoms with van der Waals surface area (Å²) in [5.41, 5.74) is 3.81. The fraction of sp³-hybridized carbons (Fsp3) is 0.179. The van der Waals surface area contributed by atoms with Crippen molar-refractivity contribution in [1.82, 2.24) is 24.5 Å². The van der Waals surface area contributed by atoms with E-state index in [1.807, 2.05) is 19.0 Å². The average molecular weight is 529 g/mol. The maximum atomic E-state index is 14.1. The number of carbonyl (C=O) groups excluding carboxylic acids is 1. The first-order valence-electron chi connectivity index (χ1n) is 12.2. The quantitative estimate of drug-likeness (QED) is 0.234. The second kappa shape index (κ2) is 10.8. The van der Waals surface area contributed by atoms with E-state index < -0.39 is 5.91 Å². The van der Waals surface area contributed by atoms with Crippen molar-refractivity contribution in [3.8, 4) is 28.3 Å². The van der Waals surface area contributed by atoms with Gasteiger partial charge in [0.2, 0.25) is 12.4 Å². The highest BCUT2D eigenvalue weighted by molar-refractivity contribution is 6.03. The van der Waals surface area contributed by atoms with Gasteiger partial charge in [-0.25, -0.2) is 18.9 Å². The molecule has 0 aliphatic rings. The van der Waals surface area contributed by atoms with Crippen molar-refractivity contribution < 1.29 is 23.9 Å². The number of aryl methyl sites for hydroxylation is 1. The molecule has 5 rings (SSSR count). The van der Waals surface area contributed by atoms with Gasteiger partial charge in [0.05, 0.1) is 11.9 Å². The van der Waals surface area contributed by atoms with Crippen LogP contribution in [0.15, 0.2) is 73.3 Å². The predicted octanol–water partition coefficient (Wildman–Crippen LogP) is 3.62. The van der Waals surface area contributed by atoms with Crippen LogP contribution in [0.2, 0.25) is 0 Å². The molecule has 0 bridgehead atoms. The molecule has 2 N–H and O–H groups in total. The van der Waals surface area contributed by atoms with E-state index in [9.17, 15) is 14.4 Å². The third-order valence-electron chi connectivity index (χ3n) is 6.03. The zero-order chi connectivity index (χ0) is 27.5. The summed E-state index contributed by atoms with van der Waals surface area (Å²) in [6.07, 6.45) is 5.90. The molecule has 4 heterocycles. The van der Waals surface area contributed by atoms with Gasteiger partial charge in [0, 0.05) is 40.7 Å². The van der Waals surface area contributed by atoms with Gasteiger partial charge < -0.3 is 15.0 Å². The van der Waals surface area contributed by atoms with E-state index in [0.29, 0.717) is 51.9 Å². The van der Waals surface area contributed by atoms with E-state index in [1.54, 1.807) is 66.3 Å². The van der Waals surface area contributed by atoms with Gasteiger partial charge in [-0.05, 0) is 63.0 Å². The number of hydrogen-bond donors (Lipinski definition) is 2. The van der Waals surface area contributed by atoms with Crippen LogP contribution in [0.3, 0.4) is 0 Å². The van der Waals surface area contributed by atoms with Crippen LogP contribution >= 0.6 is 0 Å². The fourth-order valence-corrected chi connectivity index (χ4v) is 4.06. The minimum atomic E-state index is -0.440. The molecular weight excluding hydrogens is 501 g/mol. The number of pyridine rings is 2. The van der Waals surface area contributed by atoms with E-state index in [1.165, 1.54) is 18.5 Å². The van der Waals surface area contributed by atoms with Crippen LogP contribution in [0.1, 0.15) is 15.9 Å². The number of hydrogen-bond acceptors (Lipinski definition) is 7. The summed E-state index contributed by atoms with van der Waals surface area (Å²) >= 11 is 0. The first-order chi connectivity index (χ1) is 18.8. The second-order valence-electron chi connectivity index (χ2n) is 9.21. The molecule has 0 saturated heterocycles. The van der Waals surface area contributed by atoms with Gasteiger partial charge >= 0.3 is 0 Å². The molecule has 5 aromatic rings. The molecular formula is C28H27FN7O3+. The summed E-state index contributed by atoms with van der Waals surface area (Å²) < 4.78 is 22.6. The summed E-state index contributed by atoms with van der Waals surface area (Å²) in [6.45, 7) is 2.87. The van der Waals surface area contributed by atoms with Crippen molar-refractivity contribution in [1.29, 1.82) is 0 Å². The number of anilines is 1. The standard InChI is InChI=1S/C28H26FN7O3/c1-18-15-19(6-7-22(18)29)25-26(36-27(33-25)23(9-11-31-36)39-14-13-34(2)3)20-8-10-30-24(16-20)32-28(37)21-5-4-12-35(38)17-21/h4-12,15-17H,13-14H2,1-3H3,(H-,30,32,37,38)/p+1. The molecule has 10 nitrogen and oxygen atoms in total. The van der Waals surface area contributed by atoms with Crippen LogP contribution in [0, 0.1) is 12.7 Å². The minimum Gasteiger partial charge on any atom is -0.488 e. The molecule has 0 aliphatic carbocycles. The molecule has 0 aliphatic heterocycles. The number of benzene rings is 1. The molecule has 198 valence electrons. The summed E-state index contributed by atoms with van der Waals surface area (Å²) in [6, 6.07) is 13.2. The van der Waals surface area contributed by atoms with Crippen molar-refractivity contribution in [2.45, 2.75) is 6.92 Å². The van der Waals surface area contributed by atoms with E-state index in [2.05, 4.69) is 15.4 Å². The SMILES string of the molecule is Cc1cc(-c2nc3c(OCCN(C)C)ccnn3c2-c2ccnc(NC(=O)c3ccc[n+](O)c3)c2)ccc1F. The van der Waals surface area contributed by atoms with Crippen molar-refractivity contribution in [3.63, 3.8) is 0 Å². The van der Waals surface area contributed by atoms with Crippen molar-refractivity contribution in [2.75, 3.05) is 32.6 Å². The summed E-state index contributed by atoms with van der Waals surface area (Å²) in [7, 11) is 3.93. The first kappa shape index (κ1) is 25.7. The fourth-order valence-electron chi connectivity index (χ4n) is 4.06. The molecule has 11 heteroatoms. The lowest BCUT2D eigenvalue weighted by atomic mass is 10.0. The summed E-state index contributed by atoms with van der Waals surface area (Å²) in [4.78, 5) is 24.0. The van der Waals surface area contributed by atoms with Crippen molar-refractivity contribution in [2.24, 2.45) is 0 Å². The van der Waals surface area contributed by atoms with Gasteiger partial charge in [0.25, 0.3) is 5.91 Å². The van der Waals surface area contributed by atoms with E-state index in [4.69, 9.17) is 9.72 Å². The number of fused-ring (bicyclic) bond motifs is 1. The Morgan fingerprint density at radius 2 is 2.00 bits per heavy atom. The van der Waals surface area contributed by atoms with E-state index >= 15 is 0 Å². The van der Waals surface area contributed by atoms with Crippen LogP contribution in [0.5, 0.6) is 5.75 Å². The minimum absolute atomic E-state index is 0.255. The lowest BCUT2D eigenvalue weighted by Crippen LogP contribution is -2.30. The second-order valence-corrected chi connectivity index (χ2v) is 9.21. The maximum Gasteiger partial charge on any atom is 0.263 e. The number of likely N-dealkylation sites (N-methyl/N-ethyl adjacent to an activating group) is 1. The Morgan fingerprint density at radius 3 is 2.77 bits per heavy atom. The van der Waals surface area contributed by atoms with Crippen LogP contribution in [0.25, 0.3) is 28.2 Å². The third kappa shape index (κ3) is 5.53. The number of imidazole rings is 1. The number of rotatable bonds is 8. The molecule has 4 aromatic heterocycles. The van der Waals surface area contributed by atoms with Gasteiger partial charge in [-0.3, -0.25) is 10.0 Å². The number of carbonyl (C=O) groups is 1. The Kier molecular flexibility index (Phi) is 7.15. The number of halogens is 1. The molecule has 0 unspecified atom stereocenters. The normalized spacial score (nSPS) is 11.2. The molecule has 0 spiro atoms. The predicted molar refractivity (Wildman–Crippen MR) is 142 cm³/mol. The van der Waals surface area contributed by atoms with Crippen LogP contribution in [-0.2, 0) is 0 Å². The van der Waals surface area contributed by atoms with Crippen LogP contribution in [0.4, 0.5) is 10.2 Å². The van der Waals surface area contributed by atoms with Crippen LogP contribution < -0.4 is 14.8 Å². The number of ether oxygens (including phenoxy) is 1. The van der Waals surface area contributed by atoms with Gasteiger partial charge in [-0.2, -0.15) is 5.10 Å². The smallest absolute Gasteiger partial charge is 0.263 e. The molecule has 39 heavy (non-hydrogen) atoms. The number of aromatic nitrogens is 5. The zero-order valence-corrected chi connectivity index (χ0v) is 21.7. The first-order valence-corrected chi connectivity index (χ1v) is 12.2. The Morgan fingerprint density at radius 1 is 1.15 bits per heavy atom. The lowest BCUT2D eigenvalue weighted by molar-refractivity contribution is -0.904. The number of nitrogens with one attached hydrogen (secondary N) is 1. The molecule has 0 radical (unpaired) electrons. The molecule has 1 amide bonds. The molecule has 0 atom stereocenters. The van der Waals surface area contributed by atoms with Crippen molar-refractivity contribution >= 4 is 17.4 Å². The Labute approximate surface area is 223 Å². The maximum absolute atomic E-state index is 14.1. The average Bonchev–Trinajstić information content (AvgIpc) is 3.31. The summed E-state index contributed by atoms with van der Waals surface area (Å²) in [5, 5.41) is 16.9. The monoisotopic (exact) mass is 528 g/mol. The zero-order valence-electron chi connectivity index (χ0n) is 21.7. The van der Waals surface area contributed by atoms with Gasteiger partial charge in [0.15, 0.2) is 11.4 Å². The topological polar surface area (TPSA) is 109 Å². The van der Waals surface area contributed by atoms with Crippen molar-refractivity contribution in [3.05, 3.63) is 90.3 Å². The molecule has 0 saturated carbocycles. The lowest BCUT2D eigenvalue weighted by Gasteiger charge is -2.11. The highest BCUT2D eigenvalue weighted by atomic mass is 19.1. The number of nitrogens with zero attached hydrogens (tertiary/aromatic N) is 6. The Bertz CT molecular complexity index is 1670. The van der Waals surface area contributed by atoms with E-state index in [-0.39, 0.29) is 11.4 Å². The Balaban J connectivity index is 1.60. The molecule has 1 aromatic carbocycles. The van der Waals surface area contributed by atoms with E-state index in [0.717, 1.165) is 11.3 Å². The van der Waals surface area contributed by atoms with Gasteiger partial charge in [0.1, 0.15) is 29.5 Å². The van der Waals surface area contributed by atoms with Crippen LogP contribution in [-0.4, -0.2) is 62.8 Å². The largest absolute Gasteiger partial charge is 0.488 e. The number of amides is 1. The third-order valence-corrected chi connectivity index (χ3v) is 6.03. The Hall–Kier alpha value is -4.90.